The molecule has 0 bridgehead atoms. The Morgan fingerprint density at radius 1 is 1.50 bits per heavy atom. The Balaban J connectivity index is 1.76. The molecule has 1 unspecified atom stereocenters. The van der Waals surface area contributed by atoms with Gasteiger partial charge in [-0.2, -0.15) is 0 Å². The van der Waals surface area contributed by atoms with Crippen molar-refractivity contribution in [1.82, 2.24) is 10.2 Å². The van der Waals surface area contributed by atoms with Gasteiger partial charge in [-0.05, 0) is 46.5 Å². The number of aromatic nitrogens is 2. The Morgan fingerprint density at radius 2 is 2.43 bits per heavy atom. The van der Waals surface area contributed by atoms with E-state index < -0.39 is 0 Å². The Hall–Kier alpha value is -0.200. The summed E-state index contributed by atoms with van der Waals surface area (Å²) in [5, 5.41) is 8.25. The average Bonchev–Trinajstić information content (AvgIpc) is 2.63. The van der Waals surface area contributed by atoms with Gasteiger partial charge in [-0.3, -0.25) is 0 Å². The summed E-state index contributed by atoms with van der Waals surface area (Å²) >= 11 is 4.62. The lowest BCUT2D eigenvalue weighted by Gasteiger charge is -2.21. The molecule has 1 saturated heterocycles. The third-order valence-electron chi connectivity index (χ3n) is 2.05. The Bertz CT molecular complexity index is 289. The maximum absolute atomic E-state index is 5.53. The number of halogens is 1. The predicted octanol–water partition coefficient (Wildman–Crippen LogP) is 2.25. The quantitative estimate of drug-likeness (QED) is 0.851. The van der Waals surface area contributed by atoms with Gasteiger partial charge in [-0.15, -0.1) is 5.10 Å². The van der Waals surface area contributed by atoms with Gasteiger partial charge in [0.1, 0.15) is 6.61 Å². The topological polar surface area (TPSA) is 44.2 Å². The molecule has 78 valence electrons. The molecule has 6 heteroatoms. The van der Waals surface area contributed by atoms with Crippen LogP contribution in [0.5, 0.6) is 5.19 Å². The van der Waals surface area contributed by atoms with E-state index in [-0.39, 0.29) is 6.10 Å². The van der Waals surface area contributed by atoms with Crippen LogP contribution in [-0.2, 0) is 4.74 Å². The predicted molar refractivity (Wildman–Crippen MR) is 56.7 cm³/mol. The van der Waals surface area contributed by atoms with Crippen LogP contribution in [-0.4, -0.2) is 29.5 Å². The summed E-state index contributed by atoms with van der Waals surface area (Å²) in [6, 6.07) is 0. The molecule has 1 aliphatic rings. The largest absolute Gasteiger partial charge is 0.466 e. The van der Waals surface area contributed by atoms with Crippen LogP contribution in [0.1, 0.15) is 19.3 Å². The molecular formula is C8H11BrN2O2S. The van der Waals surface area contributed by atoms with Crippen LogP contribution >= 0.6 is 27.3 Å². The van der Waals surface area contributed by atoms with Gasteiger partial charge in [0, 0.05) is 6.61 Å². The second-order valence-corrected chi connectivity index (χ2v) is 5.34. The third kappa shape index (κ3) is 2.90. The molecule has 0 radical (unpaired) electrons. The van der Waals surface area contributed by atoms with E-state index in [0.717, 1.165) is 16.9 Å². The van der Waals surface area contributed by atoms with Crippen molar-refractivity contribution in [3.8, 4) is 5.19 Å². The van der Waals surface area contributed by atoms with Crippen molar-refractivity contribution in [1.29, 1.82) is 0 Å². The van der Waals surface area contributed by atoms with E-state index in [0.29, 0.717) is 11.8 Å². The average molecular weight is 279 g/mol. The van der Waals surface area contributed by atoms with Crippen molar-refractivity contribution >= 4 is 27.3 Å². The van der Waals surface area contributed by atoms with Crippen LogP contribution in [0.25, 0.3) is 0 Å². The zero-order valence-corrected chi connectivity index (χ0v) is 10.0. The van der Waals surface area contributed by atoms with Gasteiger partial charge in [-0.1, -0.05) is 5.10 Å². The summed E-state index contributed by atoms with van der Waals surface area (Å²) in [5.41, 5.74) is 0. The van der Waals surface area contributed by atoms with E-state index in [4.69, 9.17) is 9.47 Å². The minimum atomic E-state index is 0.228. The van der Waals surface area contributed by atoms with Gasteiger partial charge in [0.05, 0.1) is 6.10 Å². The molecule has 4 nitrogen and oxygen atoms in total. The lowest BCUT2D eigenvalue weighted by atomic mass is 10.1. The second kappa shape index (κ2) is 5.04. The van der Waals surface area contributed by atoms with E-state index in [1.165, 1.54) is 24.2 Å². The van der Waals surface area contributed by atoms with E-state index >= 15 is 0 Å². The molecule has 1 aromatic rings. The molecule has 0 saturated carbocycles. The van der Waals surface area contributed by atoms with Crippen molar-refractivity contribution < 1.29 is 9.47 Å². The van der Waals surface area contributed by atoms with Gasteiger partial charge in [0.15, 0.2) is 3.92 Å². The van der Waals surface area contributed by atoms with E-state index in [1.54, 1.807) is 0 Å². The highest BCUT2D eigenvalue weighted by Gasteiger charge is 2.15. The standard InChI is InChI=1S/C8H11BrN2O2S/c9-7-10-11-8(14-7)13-5-6-3-1-2-4-12-6/h6H,1-5H2. The Kier molecular flexibility index (Phi) is 3.72. The van der Waals surface area contributed by atoms with E-state index in [2.05, 4.69) is 26.1 Å². The third-order valence-corrected chi connectivity index (χ3v) is 3.32. The molecule has 0 N–H and O–H groups in total. The Morgan fingerprint density at radius 3 is 3.07 bits per heavy atom. The molecule has 0 amide bonds. The highest BCUT2D eigenvalue weighted by Crippen LogP contribution is 2.23. The smallest absolute Gasteiger partial charge is 0.294 e. The maximum Gasteiger partial charge on any atom is 0.294 e. The van der Waals surface area contributed by atoms with Crippen LogP contribution in [0.15, 0.2) is 3.92 Å². The summed E-state index contributed by atoms with van der Waals surface area (Å²) in [7, 11) is 0. The summed E-state index contributed by atoms with van der Waals surface area (Å²) in [5.74, 6) is 0. The fourth-order valence-corrected chi connectivity index (χ4v) is 2.28. The Labute approximate surface area is 94.8 Å². The fraction of sp³-hybridized carbons (Fsp3) is 0.750. The van der Waals surface area contributed by atoms with Gasteiger partial charge >= 0.3 is 0 Å². The van der Waals surface area contributed by atoms with Gasteiger partial charge < -0.3 is 9.47 Å². The first-order valence-corrected chi connectivity index (χ1v) is 6.19. The first-order valence-electron chi connectivity index (χ1n) is 4.58. The summed E-state index contributed by atoms with van der Waals surface area (Å²) < 4.78 is 11.7. The molecule has 1 fully saturated rings. The number of hydrogen-bond acceptors (Lipinski definition) is 5. The van der Waals surface area contributed by atoms with Crippen LogP contribution in [0, 0.1) is 0 Å². The van der Waals surface area contributed by atoms with Crippen molar-refractivity contribution in [2.24, 2.45) is 0 Å². The van der Waals surface area contributed by atoms with Crippen molar-refractivity contribution in [3.63, 3.8) is 0 Å². The minimum Gasteiger partial charge on any atom is -0.466 e. The summed E-state index contributed by atoms with van der Waals surface area (Å²) in [6.07, 6.45) is 3.71. The molecule has 2 heterocycles. The number of rotatable bonds is 3. The lowest BCUT2D eigenvalue weighted by Crippen LogP contribution is -2.25. The molecule has 1 aromatic heterocycles. The van der Waals surface area contributed by atoms with Gasteiger partial charge in [0.2, 0.25) is 0 Å². The maximum atomic E-state index is 5.53. The zero-order valence-electron chi connectivity index (χ0n) is 7.61. The minimum absolute atomic E-state index is 0.228. The van der Waals surface area contributed by atoms with Gasteiger partial charge in [-0.25, -0.2) is 0 Å². The van der Waals surface area contributed by atoms with Gasteiger partial charge in [0.25, 0.3) is 5.19 Å². The van der Waals surface area contributed by atoms with Crippen LogP contribution in [0.2, 0.25) is 0 Å². The number of ether oxygens (including phenoxy) is 2. The zero-order chi connectivity index (χ0) is 9.80. The van der Waals surface area contributed by atoms with Crippen molar-refractivity contribution in [3.05, 3.63) is 3.92 Å². The molecule has 1 aliphatic heterocycles. The van der Waals surface area contributed by atoms with Crippen LogP contribution in [0.4, 0.5) is 0 Å². The van der Waals surface area contributed by atoms with Crippen LogP contribution in [0.3, 0.4) is 0 Å². The monoisotopic (exact) mass is 278 g/mol. The molecule has 0 aliphatic carbocycles. The molecule has 0 aromatic carbocycles. The van der Waals surface area contributed by atoms with E-state index in [9.17, 15) is 0 Å². The fourth-order valence-electron chi connectivity index (χ4n) is 1.35. The van der Waals surface area contributed by atoms with Crippen LogP contribution < -0.4 is 4.74 Å². The lowest BCUT2D eigenvalue weighted by molar-refractivity contribution is -0.0112. The van der Waals surface area contributed by atoms with Crippen molar-refractivity contribution in [2.75, 3.05) is 13.2 Å². The molecule has 1 atom stereocenters. The molecule has 14 heavy (non-hydrogen) atoms. The summed E-state index contributed by atoms with van der Waals surface area (Å²) in [4.78, 5) is 0. The van der Waals surface area contributed by atoms with E-state index in [1.807, 2.05) is 0 Å². The molecular weight excluding hydrogens is 268 g/mol. The first-order chi connectivity index (χ1) is 6.84. The SMILES string of the molecule is Brc1nnc(OCC2CCCCO2)s1. The van der Waals surface area contributed by atoms with Crippen molar-refractivity contribution in [2.45, 2.75) is 25.4 Å². The second-order valence-electron chi connectivity index (χ2n) is 3.12. The molecule has 0 spiro atoms. The summed E-state index contributed by atoms with van der Waals surface area (Å²) in [6.45, 7) is 1.44. The first kappa shape index (κ1) is 10.3. The highest BCUT2D eigenvalue weighted by atomic mass is 79.9. The molecule has 2 rings (SSSR count). The number of nitrogens with zero attached hydrogens (tertiary/aromatic N) is 2. The normalized spacial score (nSPS) is 22.2. The highest BCUT2D eigenvalue weighted by molar-refractivity contribution is 9.11. The number of hydrogen-bond donors (Lipinski definition) is 0.